The molecule has 1 heterocycles. The molecule has 0 fully saturated rings. The van der Waals surface area contributed by atoms with Gasteiger partial charge in [-0.1, -0.05) is 36.4 Å². The van der Waals surface area contributed by atoms with E-state index in [0.29, 0.717) is 0 Å². The highest BCUT2D eigenvalue weighted by atomic mass is 16.5. The molecular weight excluding hydrogens is 238 g/mol. The van der Waals surface area contributed by atoms with Crippen molar-refractivity contribution in [2.24, 2.45) is 0 Å². The van der Waals surface area contributed by atoms with Gasteiger partial charge in [0.15, 0.2) is 0 Å². The van der Waals surface area contributed by atoms with E-state index in [9.17, 15) is 4.79 Å². The van der Waals surface area contributed by atoms with Crippen LogP contribution in [0.15, 0.2) is 59.4 Å². The van der Waals surface area contributed by atoms with Gasteiger partial charge in [0, 0.05) is 17.0 Å². The Morgan fingerprint density at radius 1 is 1.00 bits per heavy atom. The first kappa shape index (κ1) is 11.5. The minimum Gasteiger partial charge on any atom is -0.496 e. The van der Waals surface area contributed by atoms with Crippen LogP contribution in [0, 0.1) is 0 Å². The molecule has 1 aromatic heterocycles. The molecule has 2 aromatic carbocycles. The molecule has 3 nitrogen and oxygen atoms in total. The maximum atomic E-state index is 11.8. The highest BCUT2D eigenvalue weighted by molar-refractivity contribution is 5.98. The SMILES string of the molecule is COc1cccc2[nH]c(=O)cc(-c3ccccc3)c12. The number of methoxy groups -OCH3 is 1. The fraction of sp³-hybridized carbons (Fsp3) is 0.0625. The number of pyridine rings is 1. The number of fused-ring (bicyclic) bond motifs is 1. The van der Waals surface area contributed by atoms with Crippen LogP contribution < -0.4 is 10.3 Å². The van der Waals surface area contributed by atoms with Crippen molar-refractivity contribution in [3.8, 4) is 16.9 Å². The molecule has 0 aliphatic rings. The van der Waals surface area contributed by atoms with E-state index in [2.05, 4.69) is 4.98 Å². The Hall–Kier alpha value is -2.55. The Bertz CT molecular complexity index is 776. The van der Waals surface area contributed by atoms with E-state index in [4.69, 9.17) is 4.74 Å². The van der Waals surface area contributed by atoms with Crippen LogP contribution in [0.2, 0.25) is 0 Å². The Kier molecular flexibility index (Phi) is 2.80. The molecule has 0 radical (unpaired) electrons. The van der Waals surface area contributed by atoms with E-state index in [1.54, 1.807) is 13.2 Å². The summed E-state index contributed by atoms with van der Waals surface area (Å²) in [5.41, 5.74) is 2.56. The van der Waals surface area contributed by atoms with E-state index in [1.807, 2.05) is 48.5 Å². The molecule has 0 bridgehead atoms. The largest absolute Gasteiger partial charge is 0.496 e. The molecule has 3 heteroatoms. The zero-order valence-corrected chi connectivity index (χ0v) is 10.5. The van der Waals surface area contributed by atoms with Crippen molar-refractivity contribution < 1.29 is 4.74 Å². The zero-order valence-electron chi connectivity index (χ0n) is 10.5. The quantitative estimate of drug-likeness (QED) is 0.760. The third kappa shape index (κ3) is 1.99. The van der Waals surface area contributed by atoms with E-state index in [0.717, 1.165) is 27.8 Å². The van der Waals surface area contributed by atoms with Gasteiger partial charge < -0.3 is 9.72 Å². The van der Waals surface area contributed by atoms with Crippen molar-refractivity contribution in [2.45, 2.75) is 0 Å². The van der Waals surface area contributed by atoms with Crippen LogP contribution >= 0.6 is 0 Å². The van der Waals surface area contributed by atoms with Gasteiger partial charge in [-0.2, -0.15) is 0 Å². The van der Waals surface area contributed by atoms with Crippen molar-refractivity contribution in [2.75, 3.05) is 7.11 Å². The second-order valence-electron chi connectivity index (χ2n) is 4.30. The summed E-state index contributed by atoms with van der Waals surface area (Å²) in [6, 6.07) is 17.1. The highest BCUT2D eigenvalue weighted by Gasteiger charge is 2.10. The van der Waals surface area contributed by atoms with Crippen molar-refractivity contribution in [1.29, 1.82) is 0 Å². The number of H-pyrrole nitrogens is 1. The van der Waals surface area contributed by atoms with Gasteiger partial charge in [0.2, 0.25) is 5.56 Å². The fourth-order valence-electron chi connectivity index (χ4n) is 2.30. The lowest BCUT2D eigenvalue weighted by molar-refractivity contribution is 0.420. The molecular formula is C16H13NO2. The summed E-state index contributed by atoms with van der Waals surface area (Å²) in [6.45, 7) is 0. The lowest BCUT2D eigenvalue weighted by atomic mass is 10.0. The normalized spacial score (nSPS) is 10.6. The van der Waals surface area contributed by atoms with Gasteiger partial charge >= 0.3 is 0 Å². The molecule has 0 atom stereocenters. The molecule has 0 spiro atoms. The number of aromatic nitrogens is 1. The van der Waals surface area contributed by atoms with Crippen LogP contribution in [0.4, 0.5) is 0 Å². The molecule has 0 saturated carbocycles. The number of benzene rings is 2. The van der Waals surface area contributed by atoms with Gasteiger partial charge in [-0.3, -0.25) is 4.79 Å². The lowest BCUT2D eigenvalue weighted by Crippen LogP contribution is -2.05. The first-order chi connectivity index (χ1) is 9.29. The molecule has 0 unspecified atom stereocenters. The molecule has 0 aliphatic heterocycles. The molecule has 0 amide bonds. The molecule has 94 valence electrons. The van der Waals surface area contributed by atoms with Gasteiger partial charge in [-0.15, -0.1) is 0 Å². The Labute approximate surface area is 110 Å². The zero-order chi connectivity index (χ0) is 13.2. The lowest BCUT2D eigenvalue weighted by Gasteiger charge is -2.10. The monoisotopic (exact) mass is 251 g/mol. The number of rotatable bonds is 2. The van der Waals surface area contributed by atoms with Crippen molar-refractivity contribution in [3.05, 3.63) is 65.0 Å². The summed E-state index contributed by atoms with van der Waals surface area (Å²) in [5.74, 6) is 0.757. The maximum absolute atomic E-state index is 11.8. The van der Waals surface area contributed by atoms with Crippen LogP contribution in [0.5, 0.6) is 5.75 Å². The van der Waals surface area contributed by atoms with Crippen molar-refractivity contribution >= 4 is 10.9 Å². The molecule has 0 aliphatic carbocycles. The van der Waals surface area contributed by atoms with E-state index < -0.39 is 0 Å². The molecule has 3 rings (SSSR count). The van der Waals surface area contributed by atoms with Crippen LogP contribution in [0.3, 0.4) is 0 Å². The predicted octanol–water partition coefficient (Wildman–Crippen LogP) is 3.20. The summed E-state index contributed by atoms with van der Waals surface area (Å²) in [6.07, 6.45) is 0. The van der Waals surface area contributed by atoms with Gasteiger partial charge in [0.05, 0.1) is 12.6 Å². The second-order valence-corrected chi connectivity index (χ2v) is 4.30. The second kappa shape index (κ2) is 4.61. The van der Waals surface area contributed by atoms with Crippen LogP contribution in [-0.4, -0.2) is 12.1 Å². The highest BCUT2D eigenvalue weighted by Crippen LogP contribution is 2.32. The van der Waals surface area contributed by atoms with E-state index >= 15 is 0 Å². The van der Waals surface area contributed by atoms with Crippen molar-refractivity contribution in [1.82, 2.24) is 4.98 Å². The standard InChI is InChI=1S/C16H13NO2/c1-19-14-9-5-8-13-16(14)12(10-15(18)17-13)11-6-3-2-4-7-11/h2-10H,1H3,(H,17,18). The number of aromatic amines is 1. The number of hydrogen-bond acceptors (Lipinski definition) is 2. The average Bonchev–Trinajstić information content (AvgIpc) is 2.46. The summed E-state index contributed by atoms with van der Waals surface area (Å²) in [4.78, 5) is 14.6. The van der Waals surface area contributed by atoms with Gasteiger partial charge in [0.25, 0.3) is 0 Å². The summed E-state index contributed by atoms with van der Waals surface area (Å²) >= 11 is 0. The Morgan fingerprint density at radius 2 is 1.79 bits per heavy atom. The smallest absolute Gasteiger partial charge is 0.249 e. The van der Waals surface area contributed by atoms with Crippen LogP contribution in [0.1, 0.15) is 0 Å². The van der Waals surface area contributed by atoms with Gasteiger partial charge in [0.1, 0.15) is 5.75 Å². The number of hydrogen-bond donors (Lipinski definition) is 1. The first-order valence-electron chi connectivity index (χ1n) is 6.05. The third-order valence-electron chi connectivity index (χ3n) is 3.13. The number of nitrogens with one attached hydrogen (secondary N) is 1. The first-order valence-corrected chi connectivity index (χ1v) is 6.05. The minimum absolute atomic E-state index is 0.111. The van der Waals surface area contributed by atoms with Crippen LogP contribution in [-0.2, 0) is 0 Å². The molecule has 3 aromatic rings. The Morgan fingerprint density at radius 3 is 2.53 bits per heavy atom. The van der Waals surface area contributed by atoms with Gasteiger partial charge in [-0.25, -0.2) is 0 Å². The minimum atomic E-state index is -0.111. The summed E-state index contributed by atoms with van der Waals surface area (Å²) in [7, 11) is 1.63. The molecule has 1 N–H and O–H groups in total. The Balaban J connectivity index is 2.44. The summed E-state index contributed by atoms with van der Waals surface area (Å²) in [5, 5.41) is 0.927. The average molecular weight is 251 g/mol. The fourth-order valence-corrected chi connectivity index (χ4v) is 2.30. The van der Waals surface area contributed by atoms with Crippen LogP contribution in [0.25, 0.3) is 22.0 Å². The molecule has 19 heavy (non-hydrogen) atoms. The van der Waals surface area contributed by atoms with E-state index in [1.165, 1.54) is 0 Å². The van der Waals surface area contributed by atoms with Gasteiger partial charge in [-0.05, 0) is 17.7 Å². The van der Waals surface area contributed by atoms with Crippen molar-refractivity contribution in [3.63, 3.8) is 0 Å². The number of ether oxygens (including phenoxy) is 1. The summed E-state index contributed by atoms with van der Waals surface area (Å²) < 4.78 is 5.41. The molecule has 0 saturated heterocycles. The maximum Gasteiger partial charge on any atom is 0.249 e. The topological polar surface area (TPSA) is 42.1 Å². The van der Waals surface area contributed by atoms with E-state index in [-0.39, 0.29) is 5.56 Å². The predicted molar refractivity (Wildman–Crippen MR) is 76.6 cm³/mol. The third-order valence-corrected chi connectivity index (χ3v) is 3.13.